The molecule has 100 valence electrons. The fourth-order valence-electron chi connectivity index (χ4n) is 2.18. The van der Waals surface area contributed by atoms with Gasteiger partial charge in [-0.2, -0.15) is 0 Å². The van der Waals surface area contributed by atoms with Crippen LogP contribution in [0.25, 0.3) is 0 Å². The van der Waals surface area contributed by atoms with Crippen molar-refractivity contribution in [3.63, 3.8) is 0 Å². The maximum Gasteiger partial charge on any atom is 0.146 e. The number of unbranched alkanes of at least 4 members (excludes halogenated alkanes) is 1. The molecule has 2 nitrogen and oxygen atoms in total. The van der Waals surface area contributed by atoms with Crippen molar-refractivity contribution in [2.45, 2.75) is 45.2 Å². The van der Waals surface area contributed by atoms with Crippen molar-refractivity contribution < 1.29 is 4.39 Å². The Kier molecular flexibility index (Phi) is 4.59. The van der Waals surface area contributed by atoms with E-state index in [1.54, 1.807) is 12.1 Å². The summed E-state index contributed by atoms with van der Waals surface area (Å²) >= 11 is 0. The largest absolute Gasteiger partial charge is 0.372 e. The van der Waals surface area contributed by atoms with E-state index in [0.29, 0.717) is 6.04 Å². The SMILES string of the molecule is CCCCN(C)c1c(F)cccc1CNC1CC1. The Morgan fingerprint density at radius 1 is 1.39 bits per heavy atom. The van der Waals surface area contributed by atoms with E-state index in [4.69, 9.17) is 0 Å². The van der Waals surface area contributed by atoms with E-state index in [-0.39, 0.29) is 5.82 Å². The molecule has 2 rings (SSSR count). The average Bonchev–Trinajstić information content (AvgIpc) is 3.17. The molecule has 3 heteroatoms. The molecule has 1 aliphatic rings. The van der Waals surface area contributed by atoms with Crippen LogP contribution >= 0.6 is 0 Å². The minimum absolute atomic E-state index is 0.108. The van der Waals surface area contributed by atoms with Gasteiger partial charge < -0.3 is 10.2 Å². The fraction of sp³-hybridized carbons (Fsp3) is 0.600. The monoisotopic (exact) mass is 250 g/mol. The molecule has 0 heterocycles. The lowest BCUT2D eigenvalue weighted by atomic mass is 10.1. The van der Waals surface area contributed by atoms with Crippen molar-refractivity contribution in [2.75, 3.05) is 18.5 Å². The Balaban J connectivity index is 2.08. The van der Waals surface area contributed by atoms with Crippen molar-refractivity contribution in [2.24, 2.45) is 0 Å². The summed E-state index contributed by atoms with van der Waals surface area (Å²) in [5.74, 6) is -0.108. The topological polar surface area (TPSA) is 15.3 Å². The van der Waals surface area contributed by atoms with Crippen molar-refractivity contribution in [3.8, 4) is 0 Å². The predicted molar refractivity (Wildman–Crippen MR) is 74.4 cm³/mol. The van der Waals surface area contributed by atoms with E-state index in [2.05, 4.69) is 12.2 Å². The first-order chi connectivity index (χ1) is 8.72. The van der Waals surface area contributed by atoms with Crippen LogP contribution in [0.4, 0.5) is 10.1 Å². The van der Waals surface area contributed by atoms with Crippen LogP contribution in [0, 0.1) is 5.82 Å². The summed E-state index contributed by atoms with van der Waals surface area (Å²) in [6, 6.07) is 6.03. The number of halogens is 1. The summed E-state index contributed by atoms with van der Waals surface area (Å²) in [5.41, 5.74) is 1.83. The molecular formula is C15H23FN2. The zero-order valence-electron chi connectivity index (χ0n) is 11.4. The van der Waals surface area contributed by atoms with Gasteiger partial charge in [0.25, 0.3) is 0 Å². The summed E-state index contributed by atoms with van der Waals surface area (Å²) in [7, 11) is 1.98. The van der Waals surface area contributed by atoms with Gasteiger partial charge in [0.15, 0.2) is 0 Å². The van der Waals surface area contributed by atoms with Crippen LogP contribution in [0.2, 0.25) is 0 Å². The molecule has 0 radical (unpaired) electrons. The van der Waals surface area contributed by atoms with Crippen LogP contribution in [-0.2, 0) is 6.54 Å². The highest BCUT2D eigenvalue weighted by Crippen LogP contribution is 2.26. The van der Waals surface area contributed by atoms with Gasteiger partial charge in [0, 0.05) is 26.2 Å². The first-order valence-corrected chi connectivity index (χ1v) is 6.94. The summed E-state index contributed by atoms with van der Waals surface area (Å²) < 4.78 is 14.0. The molecule has 0 saturated heterocycles. The zero-order chi connectivity index (χ0) is 13.0. The summed E-state index contributed by atoms with van der Waals surface area (Å²) in [6.45, 7) is 3.84. The Morgan fingerprint density at radius 2 is 2.17 bits per heavy atom. The lowest BCUT2D eigenvalue weighted by Crippen LogP contribution is -2.24. The van der Waals surface area contributed by atoms with E-state index in [1.165, 1.54) is 12.8 Å². The van der Waals surface area contributed by atoms with E-state index < -0.39 is 0 Å². The van der Waals surface area contributed by atoms with Crippen LogP contribution < -0.4 is 10.2 Å². The second-order valence-electron chi connectivity index (χ2n) is 5.18. The maximum absolute atomic E-state index is 14.0. The second kappa shape index (κ2) is 6.19. The summed E-state index contributed by atoms with van der Waals surface area (Å²) in [4.78, 5) is 2.04. The molecule has 1 N–H and O–H groups in total. The lowest BCUT2D eigenvalue weighted by molar-refractivity contribution is 0.610. The molecule has 0 atom stereocenters. The number of para-hydroxylation sites is 1. The van der Waals surface area contributed by atoms with Crippen molar-refractivity contribution in [1.82, 2.24) is 5.32 Å². The van der Waals surface area contributed by atoms with Crippen LogP contribution in [-0.4, -0.2) is 19.6 Å². The Bertz CT molecular complexity index is 388. The molecule has 1 aromatic carbocycles. The van der Waals surface area contributed by atoms with Gasteiger partial charge in [-0.05, 0) is 30.9 Å². The van der Waals surface area contributed by atoms with Gasteiger partial charge in [0.2, 0.25) is 0 Å². The first-order valence-electron chi connectivity index (χ1n) is 6.94. The van der Waals surface area contributed by atoms with Crippen LogP contribution in [0.1, 0.15) is 38.2 Å². The van der Waals surface area contributed by atoms with E-state index in [9.17, 15) is 4.39 Å². The fourth-order valence-corrected chi connectivity index (χ4v) is 2.18. The highest BCUT2D eigenvalue weighted by atomic mass is 19.1. The third-order valence-corrected chi connectivity index (χ3v) is 3.46. The zero-order valence-corrected chi connectivity index (χ0v) is 11.4. The van der Waals surface area contributed by atoms with Gasteiger partial charge >= 0.3 is 0 Å². The minimum atomic E-state index is -0.108. The third-order valence-electron chi connectivity index (χ3n) is 3.46. The molecule has 0 aromatic heterocycles. The van der Waals surface area contributed by atoms with Gasteiger partial charge in [-0.1, -0.05) is 25.5 Å². The van der Waals surface area contributed by atoms with E-state index in [1.807, 2.05) is 18.0 Å². The molecule has 0 bridgehead atoms. The molecular weight excluding hydrogens is 227 g/mol. The number of rotatable bonds is 7. The van der Waals surface area contributed by atoms with Gasteiger partial charge in [-0.15, -0.1) is 0 Å². The number of nitrogens with zero attached hydrogens (tertiary/aromatic N) is 1. The quantitative estimate of drug-likeness (QED) is 0.798. The number of hydrogen-bond donors (Lipinski definition) is 1. The molecule has 1 aliphatic carbocycles. The van der Waals surface area contributed by atoms with E-state index in [0.717, 1.165) is 37.2 Å². The standard InChI is InChI=1S/C15H23FN2/c1-3-4-10-18(2)15-12(6-5-7-14(15)16)11-17-13-8-9-13/h5-7,13,17H,3-4,8-11H2,1-2H3. The molecule has 0 amide bonds. The van der Waals surface area contributed by atoms with E-state index >= 15 is 0 Å². The summed E-state index contributed by atoms with van der Waals surface area (Å²) in [5, 5.41) is 3.46. The van der Waals surface area contributed by atoms with Gasteiger partial charge in [0.1, 0.15) is 5.82 Å². The van der Waals surface area contributed by atoms with Crippen LogP contribution in [0.15, 0.2) is 18.2 Å². The minimum Gasteiger partial charge on any atom is -0.372 e. The number of benzene rings is 1. The smallest absolute Gasteiger partial charge is 0.146 e. The third kappa shape index (κ3) is 3.45. The van der Waals surface area contributed by atoms with Crippen molar-refractivity contribution in [3.05, 3.63) is 29.6 Å². The van der Waals surface area contributed by atoms with Crippen molar-refractivity contribution >= 4 is 5.69 Å². The predicted octanol–water partition coefficient (Wildman–Crippen LogP) is 3.31. The molecule has 1 fully saturated rings. The number of hydrogen-bond acceptors (Lipinski definition) is 2. The number of anilines is 1. The molecule has 0 aliphatic heterocycles. The van der Waals surface area contributed by atoms with Crippen molar-refractivity contribution in [1.29, 1.82) is 0 Å². The van der Waals surface area contributed by atoms with Crippen LogP contribution in [0.5, 0.6) is 0 Å². The molecule has 18 heavy (non-hydrogen) atoms. The second-order valence-corrected chi connectivity index (χ2v) is 5.18. The number of nitrogens with one attached hydrogen (secondary N) is 1. The summed E-state index contributed by atoms with van der Waals surface area (Å²) in [6.07, 6.45) is 4.75. The molecule has 1 saturated carbocycles. The molecule has 0 spiro atoms. The van der Waals surface area contributed by atoms with Gasteiger partial charge in [-0.25, -0.2) is 4.39 Å². The highest BCUT2D eigenvalue weighted by molar-refractivity contribution is 5.54. The Hall–Kier alpha value is -1.09. The van der Waals surface area contributed by atoms with Crippen LogP contribution in [0.3, 0.4) is 0 Å². The average molecular weight is 250 g/mol. The molecule has 0 unspecified atom stereocenters. The Morgan fingerprint density at radius 3 is 2.83 bits per heavy atom. The normalized spacial score (nSPS) is 14.8. The molecule has 1 aromatic rings. The first kappa shape index (κ1) is 13.3. The maximum atomic E-state index is 14.0. The Labute approximate surface area is 109 Å². The highest BCUT2D eigenvalue weighted by Gasteiger charge is 2.21. The van der Waals surface area contributed by atoms with Gasteiger partial charge in [-0.3, -0.25) is 0 Å². The lowest BCUT2D eigenvalue weighted by Gasteiger charge is -2.23. The van der Waals surface area contributed by atoms with Gasteiger partial charge in [0.05, 0.1) is 5.69 Å².